The van der Waals surface area contributed by atoms with Crippen molar-refractivity contribution in [2.24, 2.45) is 0 Å². The number of hydrogen-bond acceptors (Lipinski definition) is 4. The highest BCUT2D eigenvalue weighted by molar-refractivity contribution is 5.84. The summed E-state index contributed by atoms with van der Waals surface area (Å²) in [7, 11) is 0. The Morgan fingerprint density at radius 2 is 1.88 bits per heavy atom. The predicted octanol–water partition coefficient (Wildman–Crippen LogP) is 5.60. The third-order valence-corrected chi connectivity index (χ3v) is 5.08. The molecule has 9 heteroatoms. The van der Waals surface area contributed by atoms with Gasteiger partial charge in [0, 0.05) is 22.7 Å². The molecule has 0 atom stereocenters. The standard InChI is InChI=1S/C23H19F3N2O4/c1-13-9-18-16(7-8-28(18)11-21(29)30)10-19(13)31-12-20-14(2)27-22(32-20)15-3-5-17(6-4-15)23(24,25)26/h3-10H,11-12H2,1-2H3,(H,29,30). The molecule has 0 bridgehead atoms. The zero-order valence-electron chi connectivity index (χ0n) is 17.2. The summed E-state index contributed by atoms with van der Waals surface area (Å²) in [6, 6.07) is 10.1. The van der Waals surface area contributed by atoms with Gasteiger partial charge in [-0.1, -0.05) is 0 Å². The maximum Gasteiger partial charge on any atom is 0.416 e. The lowest BCUT2D eigenvalue weighted by Gasteiger charge is -2.10. The number of alkyl halides is 3. The Morgan fingerprint density at radius 3 is 2.53 bits per heavy atom. The van der Waals surface area contributed by atoms with Crippen molar-refractivity contribution in [3.63, 3.8) is 0 Å². The summed E-state index contributed by atoms with van der Waals surface area (Å²) >= 11 is 0. The highest BCUT2D eigenvalue weighted by Crippen LogP contribution is 2.32. The lowest BCUT2D eigenvalue weighted by Crippen LogP contribution is -2.07. The number of hydrogen-bond donors (Lipinski definition) is 1. The number of nitrogens with zero attached hydrogens (tertiary/aromatic N) is 2. The maximum absolute atomic E-state index is 12.8. The summed E-state index contributed by atoms with van der Waals surface area (Å²) in [6.45, 7) is 3.54. The van der Waals surface area contributed by atoms with Gasteiger partial charge in [-0.05, 0) is 61.9 Å². The van der Waals surface area contributed by atoms with Gasteiger partial charge in [0.05, 0.1) is 11.3 Å². The molecular weight excluding hydrogens is 425 g/mol. The first-order valence-corrected chi connectivity index (χ1v) is 9.70. The smallest absolute Gasteiger partial charge is 0.416 e. The number of oxazole rings is 1. The molecule has 4 rings (SSSR count). The van der Waals surface area contributed by atoms with Gasteiger partial charge in [-0.3, -0.25) is 4.79 Å². The Bertz CT molecular complexity index is 1290. The second-order valence-electron chi connectivity index (χ2n) is 7.41. The van der Waals surface area contributed by atoms with Gasteiger partial charge in [-0.2, -0.15) is 13.2 Å². The number of benzene rings is 2. The number of ether oxygens (including phenoxy) is 1. The van der Waals surface area contributed by atoms with Crippen LogP contribution in [0.1, 0.15) is 22.6 Å². The van der Waals surface area contributed by atoms with Crippen LogP contribution in [0.15, 0.2) is 53.1 Å². The molecule has 6 nitrogen and oxygen atoms in total. The number of rotatable bonds is 6. The van der Waals surface area contributed by atoms with Crippen molar-refractivity contribution in [3.8, 4) is 17.2 Å². The minimum atomic E-state index is -4.41. The minimum absolute atomic E-state index is 0.0850. The van der Waals surface area contributed by atoms with Crippen LogP contribution in [0.2, 0.25) is 0 Å². The summed E-state index contributed by atoms with van der Waals surface area (Å²) in [4.78, 5) is 15.3. The van der Waals surface area contributed by atoms with E-state index in [9.17, 15) is 18.0 Å². The van der Waals surface area contributed by atoms with Gasteiger partial charge < -0.3 is 18.8 Å². The second kappa shape index (κ2) is 8.07. The molecule has 0 spiro atoms. The summed E-state index contributed by atoms with van der Waals surface area (Å²) < 4.78 is 51.6. The second-order valence-corrected chi connectivity index (χ2v) is 7.41. The maximum atomic E-state index is 12.8. The molecule has 0 aliphatic heterocycles. The summed E-state index contributed by atoms with van der Waals surface area (Å²) in [6.07, 6.45) is -2.70. The van der Waals surface area contributed by atoms with Crippen molar-refractivity contribution in [1.82, 2.24) is 9.55 Å². The van der Waals surface area contributed by atoms with E-state index in [-0.39, 0.29) is 19.0 Å². The van der Waals surface area contributed by atoms with Crippen LogP contribution >= 0.6 is 0 Å². The molecule has 0 fully saturated rings. The third kappa shape index (κ3) is 4.32. The number of carboxylic acids is 1. The van der Waals surface area contributed by atoms with E-state index in [0.29, 0.717) is 22.8 Å². The minimum Gasteiger partial charge on any atom is -0.485 e. The van der Waals surface area contributed by atoms with E-state index in [0.717, 1.165) is 28.6 Å². The molecule has 0 aliphatic rings. The largest absolute Gasteiger partial charge is 0.485 e. The number of carbonyl (C=O) groups is 1. The Hall–Kier alpha value is -3.75. The third-order valence-electron chi connectivity index (χ3n) is 5.08. The Kier molecular flexibility index (Phi) is 5.41. The summed E-state index contributed by atoms with van der Waals surface area (Å²) in [5.74, 6) is 0.359. The fourth-order valence-corrected chi connectivity index (χ4v) is 3.39. The van der Waals surface area contributed by atoms with Gasteiger partial charge in [0.15, 0.2) is 5.76 Å². The van der Waals surface area contributed by atoms with Crippen molar-refractivity contribution < 1.29 is 32.2 Å². The van der Waals surface area contributed by atoms with E-state index in [1.54, 1.807) is 17.7 Å². The molecule has 0 saturated heterocycles. The van der Waals surface area contributed by atoms with E-state index in [1.165, 1.54) is 12.1 Å². The molecule has 0 radical (unpaired) electrons. The van der Waals surface area contributed by atoms with Crippen LogP contribution in [0.25, 0.3) is 22.4 Å². The van der Waals surface area contributed by atoms with Crippen LogP contribution in [0.4, 0.5) is 13.2 Å². The molecule has 0 unspecified atom stereocenters. The Morgan fingerprint density at radius 1 is 1.16 bits per heavy atom. The average Bonchev–Trinajstić information content (AvgIpc) is 3.28. The van der Waals surface area contributed by atoms with Crippen molar-refractivity contribution in [2.75, 3.05) is 0 Å². The highest BCUT2D eigenvalue weighted by atomic mass is 19.4. The zero-order valence-corrected chi connectivity index (χ0v) is 17.2. The number of carboxylic acid groups (broad SMARTS) is 1. The Labute approximate surface area is 180 Å². The van der Waals surface area contributed by atoms with Crippen molar-refractivity contribution >= 4 is 16.9 Å². The molecule has 0 aliphatic carbocycles. The SMILES string of the molecule is Cc1cc2c(ccn2CC(=O)O)cc1OCc1oc(-c2ccc(C(F)(F)F)cc2)nc1C. The number of aryl methyl sites for hydroxylation is 2. The van der Waals surface area contributed by atoms with E-state index in [4.69, 9.17) is 14.3 Å². The average molecular weight is 444 g/mol. The first kappa shape index (κ1) is 21.5. The highest BCUT2D eigenvalue weighted by Gasteiger charge is 2.30. The van der Waals surface area contributed by atoms with Gasteiger partial charge in [-0.25, -0.2) is 4.98 Å². The molecular formula is C23H19F3N2O4. The molecule has 166 valence electrons. The lowest BCUT2D eigenvalue weighted by molar-refractivity contribution is -0.138. The van der Waals surface area contributed by atoms with Crippen LogP contribution in [-0.4, -0.2) is 20.6 Å². The molecule has 2 aromatic heterocycles. The molecule has 0 saturated carbocycles. The molecule has 4 aromatic rings. The Balaban J connectivity index is 1.52. The molecule has 32 heavy (non-hydrogen) atoms. The number of halogens is 3. The quantitative estimate of drug-likeness (QED) is 0.419. The first-order chi connectivity index (χ1) is 15.1. The summed E-state index contributed by atoms with van der Waals surface area (Å²) in [5, 5.41) is 9.87. The normalized spacial score (nSPS) is 11.8. The topological polar surface area (TPSA) is 77.5 Å². The van der Waals surface area contributed by atoms with Crippen molar-refractivity contribution in [1.29, 1.82) is 0 Å². The van der Waals surface area contributed by atoms with Crippen LogP contribution < -0.4 is 4.74 Å². The molecule has 1 N–H and O–H groups in total. The van der Waals surface area contributed by atoms with Crippen LogP contribution in [0, 0.1) is 13.8 Å². The van der Waals surface area contributed by atoms with Crippen LogP contribution in [0.5, 0.6) is 5.75 Å². The van der Waals surface area contributed by atoms with E-state index < -0.39 is 17.7 Å². The fourth-order valence-electron chi connectivity index (χ4n) is 3.39. The van der Waals surface area contributed by atoms with Gasteiger partial charge in [0.2, 0.25) is 5.89 Å². The zero-order chi connectivity index (χ0) is 23.0. The molecule has 2 aromatic carbocycles. The van der Waals surface area contributed by atoms with E-state index >= 15 is 0 Å². The fraction of sp³-hybridized carbons (Fsp3) is 0.217. The number of aromatic nitrogens is 2. The number of fused-ring (bicyclic) bond motifs is 1. The predicted molar refractivity (Wildman–Crippen MR) is 110 cm³/mol. The van der Waals surface area contributed by atoms with E-state index in [2.05, 4.69) is 4.98 Å². The van der Waals surface area contributed by atoms with Crippen molar-refractivity contribution in [2.45, 2.75) is 33.2 Å². The first-order valence-electron chi connectivity index (χ1n) is 9.70. The van der Waals surface area contributed by atoms with Crippen LogP contribution in [0.3, 0.4) is 0 Å². The molecule has 0 amide bonds. The van der Waals surface area contributed by atoms with Crippen LogP contribution in [-0.2, 0) is 24.1 Å². The van der Waals surface area contributed by atoms with Gasteiger partial charge in [0.25, 0.3) is 0 Å². The molecule has 2 heterocycles. The van der Waals surface area contributed by atoms with Crippen molar-refractivity contribution in [3.05, 3.63) is 71.2 Å². The van der Waals surface area contributed by atoms with Gasteiger partial charge in [-0.15, -0.1) is 0 Å². The summed E-state index contributed by atoms with van der Waals surface area (Å²) in [5.41, 5.74) is 1.88. The monoisotopic (exact) mass is 444 g/mol. The van der Waals surface area contributed by atoms with Gasteiger partial charge >= 0.3 is 12.1 Å². The van der Waals surface area contributed by atoms with E-state index in [1.807, 2.05) is 25.1 Å². The van der Waals surface area contributed by atoms with Gasteiger partial charge in [0.1, 0.15) is 18.9 Å². The lowest BCUT2D eigenvalue weighted by atomic mass is 10.1. The number of aliphatic carboxylic acids is 1.